The van der Waals surface area contributed by atoms with Gasteiger partial charge >= 0.3 is 0 Å². The molecule has 0 aliphatic rings. The summed E-state index contributed by atoms with van der Waals surface area (Å²) >= 11 is 12.1. The zero-order valence-corrected chi connectivity index (χ0v) is 16.1. The smallest absolute Gasteiger partial charge is 0.278 e. The van der Waals surface area contributed by atoms with E-state index in [0.717, 1.165) is 0 Å². The maximum atomic E-state index is 12.8. The first-order valence-electron chi connectivity index (χ1n) is 8.17. The number of aromatic nitrogens is 6. The minimum atomic E-state index is -0.422. The van der Waals surface area contributed by atoms with Gasteiger partial charge < -0.3 is 5.32 Å². The molecule has 0 aliphatic heterocycles. The fourth-order valence-corrected chi connectivity index (χ4v) is 2.98. The van der Waals surface area contributed by atoms with Crippen molar-refractivity contribution in [3.8, 4) is 11.4 Å². The predicted molar refractivity (Wildman–Crippen MR) is 105 cm³/mol. The summed E-state index contributed by atoms with van der Waals surface area (Å²) < 4.78 is 1.53. The van der Waals surface area contributed by atoms with Crippen molar-refractivity contribution in [3.63, 3.8) is 0 Å². The summed E-state index contributed by atoms with van der Waals surface area (Å²) in [6, 6.07) is 12.1. The number of aryl methyl sites for hydroxylation is 1. The van der Waals surface area contributed by atoms with E-state index in [1.54, 1.807) is 49.4 Å². The Labute approximate surface area is 169 Å². The monoisotopic (exact) mass is 413 g/mol. The van der Waals surface area contributed by atoms with Gasteiger partial charge in [-0.15, -0.1) is 5.10 Å². The fourth-order valence-electron chi connectivity index (χ4n) is 2.63. The highest BCUT2D eigenvalue weighted by Crippen LogP contribution is 2.24. The minimum Gasteiger partial charge on any atom is -0.319 e. The van der Waals surface area contributed by atoms with E-state index in [0.29, 0.717) is 32.8 Å². The molecule has 4 aromatic rings. The van der Waals surface area contributed by atoms with Gasteiger partial charge in [-0.05, 0) is 43.3 Å². The van der Waals surface area contributed by atoms with Crippen LogP contribution < -0.4 is 5.32 Å². The Morgan fingerprint density at radius 2 is 1.89 bits per heavy atom. The van der Waals surface area contributed by atoms with Gasteiger partial charge in [0.2, 0.25) is 0 Å². The molecule has 10 heteroatoms. The lowest BCUT2D eigenvalue weighted by Crippen LogP contribution is -2.16. The quantitative estimate of drug-likeness (QED) is 0.550. The van der Waals surface area contributed by atoms with Gasteiger partial charge in [-0.2, -0.15) is 15.0 Å². The SMILES string of the molecule is Cc1nn(-c2cccc(Cl)c2)nc1C(=O)Nc1cc(Cl)ccc1-n1cncn1. The third-order valence-electron chi connectivity index (χ3n) is 3.91. The van der Waals surface area contributed by atoms with Gasteiger partial charge in [-0.25, -0.2) is 9.67 Å². The molecular weight excluding hydrogens is 401 g/mol. The number of nitrogens with zero attached hydrogens (tertiary/aromatic N) is 6. The second-order valence-corrected chi connectivity index (χ2v) is 6.73. The van der Waals surface area contributed by atoms with Crippen LogP contribution in [0.2, 0.25) is 10.0 Å². The molecular formula is C18H13Cl2N7O. The number of carbonyl (C=O) groups excluding carboxylic acids is 1. The van der Waals surface area contributed by atoms with E-state index in [2.05, 4.69) is 25.6 Å². The number of amides is 1. The standard InChI is InChI=1S/C18H13Cl2N7O/c1-11-17(25-27(24-11)14-4-2-3-12(19)7-14)18(28)23-15-8-13(20)5-6-16(15)26-10-21-9-22-26/h2-10H,1H3,(H,23,28). The molecule has 8 nitrogen and oxygen atoms in total. The minimum absolute atomic E-state index is 0.185. The lowest BCUT2D eigenvalue weighted by Gasteiger charge is -2.10. The summed E-state index contributed by atoms with van der Waals surface area (Å²) in [6.45, 7) is 1.71. The molecule has 0 bridgehead atoms. The molecule has 140 valence electrons. The summed E-state index contributed by atoms with van der Waals surface area (Å²) in [5, 5.41) is 16.5. The molecule has 1 N–H and O–H groups in total. The molecule has 28 heavy (non-hydrogen) atoms. The van der Waals surface area contributed by atoms with Gasteiger partial charge in [-0.1, -0.05) is 29.3 Å². The van der Waals surface area contributed by atoms with Crippen molar-refractivity contribution in [2.75, 3.05) is 5.32 Å². The van der Waals surface area contributed by atoms with Gasteiger partial charge in [-0.3, -0.25) is 4.79 Å². The summed E-state index contributed by atoms with van der Waals surface area (Å²) in [7, 11) is 0. The van der Waals surface area contributed by atoms with Crippen LogP contribution in [0.15, 0.2) is 55.1 Å². The molecule has 4 rings (SSSR count). The number of benzene rings is 2. The van der Waals surface area contributed by atoms with Crippen LogP contribution in [-0.2, 0) is 0 Å². The molecule has 0 saturated carbocycles. The van der Waals surface area contributed by atoms with Gasteiger partial charge in [0, 0.05) is 10.0 Å². The van der Waals surface area contributed by atoms with Crippen LogP contribution in [-0.4, -0.2) is 35.7 Å². The second kappa shape index (κ2) is 7.41. The Hall–Kier alpha value is -3.23. The Morgan fingerprint density at radius 1 is 1.07 bits per heavy atom. The van der Waals surface area contributed by atoms with E-state index in [1.807, 2.05) is 0 Å². The van der Waals surface area contributed by atoms with Crippen molar-refractivity contribution >= 4 is 34.8 Å². The average molecular weight is 414 g/mol. The summed E-state index contributed by atoms with van der Waals surface area (Å²) in [5.74, 6) is -0.422. The molecule has 0 radical (unpaired) electrons. The first-order valence-corrected chi connectivity index (χ1v) is 8.92. The van der Waals surface area contributed by atoms with E-state index in [4.69, 9.17) is 23.2 Å². The average Bonchev–Trinajstić information content (AvgIpc) is 3.32. The van der Waals surface area contributed by atoms with Crippen molar-refractivity contribution in [1.29, 1.82) is 0 Å². The van der Waals surface area contributed by atoms with Gasteiger partial charge in [0.25, 0.3) is 5.91 Å². The number of rotatable bonds is 4. The predicted octanol–water partition coefficient (Wildman–Crippen LogP) is 3.72. The van der Waals surface area contributed by atoms with Gasteiger partial charge in [0.1, 0.15) is 12.7 Å². The van der Waals surface area contributed by atoms with Gasteiger partial charge in [0.15, 0.2) is 5.69 Å². The van der Waals surface area contributed by atoms with Crippen LogP contribution in [0, 0.1) is 6.92 Å². The molecule has 0 unspecified atom stereocenters. The molecule has 0 aliphatic carbocycles. The molecule has 0 fully saturated rings. The highest BCUT2D eigenvalue weighted by Gasteiger charge is 2.18. The topological polar surface area (TPSA) is 90.5 Å². The van der Waals surface area contributed by atoms with Crippen molar-refractivity contribution in [1.82, 2.24) is 29.8 Å². The Bertz CT molecular complexity index is 1150. The van der Waals surface area contributed by atoms with Crippen LogP contribution in [0.4, 0.5) is 5.69 Å². The van der Waals surface area contributed by atoms with Crippen LogP contribution in [0.25, 0.3) is 11.4 Å². The number of halogens is 2. The largest absolute Gasteiger partial charge is 0.319 e. The Morgan fingerprint density at radius 3 is 2.64 bits per heavy atom. The zero-order chi connectivity index (χ0) is 19.7. The number of hydrogen-bond donors (Lipinski definition) is 1. The molecule has 2 heterocycles. The number of carbonyl (C=O) groups is 1. The van der Waals surface area contributed by atoms with E-state index >= 15 is 0 Å². The van der Waals surface area contributed by atoms with E-state index < -0.39 is 5.91 Å². The third-order valence-corrected chi connectivity index (χ3v) is 4.38. The highest BCUT2D eigenvalue weighted by atomic mass is 35.5. The van der Waals surface area contributed by atoms with Crippen molar-refractivity contribution in [2.24, 2.45) is 0 Å². The van der Waals surface area contributed by atoms with Crippen LogP contribution in [0.3, 0.4) is 0 Å². The summed E-state index contributed by atoms with van der Waals surface area (Å²) in [4.78, 5) is 18.1. The van der Waals surface area contributed by atoms with Crippen LogP contribution in [0.1, 0.15) is 16.2 Å². The van der Waals surface area contributed by atoms with Crippen molar-refractivity contribution < 1.29 is 4.79 Å². The molecule has 2 aromatic heterocycles. The van der Waals surface area contributed by atoms with E-state index in [1.165, 1.54) is 22.1 Å². The van der Waals surface area contributed by atoms with Crippen molar-refractivity contribution in [2.45, 2.75) is 6.92 Å². The zero-order valence-electron chi connectivity index (χ0n) is 14.5. The molecule has 0 spiro atoms. The molecule has 0 atom stereocenters. The first kappa shape index (κ1) is 18.1. The number of anilines is 1. The number of nitrogens with one attached hydrogen (secondary N) is 1. The maximum absolute atomic E-state index is 12.8. The molecule has 1 amide bonds. The molecule has 0 saturated heterocycles. The van der Waals surface area contributed by atoms with Gasteiger partial charge in [0.05, 0.1) is 22.8 Å². The normalized spacial score (nSPS) is 10.8. The van der Waals surface area contributed by atoms with E-state index in [-0.39, 0.29) is 5.69 Å². The Kier molecular flexibility index (Phi) is 4.81. The van der Waals surface area contributed by atoms with Crippen LogP contribution in [0.5, 0.6) is 0 Å². The lowest BCUT2D eigenvalue weighted by atomic mass is 10.2. The third kappa shape index (κ3) is 3.60. The maximum Gasteiger partial charge on any atom is 0.278 e. The lowest BCUT2D eigenvalue weighted by molar-refractivity contribution is 0.102. The number of hydrogen-bond acceptors (Lipinski definition) is 5. The second-order valence-electron chi connectivity index (χ2n) is 5.86. The fraction of sp³-hybridized carbons (Fsp3) is 0.0556. The Balaban J connectivity index is 1.66. The summed E-state index contributed by atoms with van der Waals surface area (Å²) in [6.07, 6.45) is 2.93. The van der Waals surface area contributed by atoms with E-state index in [9.17, 15) is 4.79 Å². The van der Waals surface area contributed by atoms with Crippen molar-refractivity contribution in [3.05, 3.63) is 76.6 Å². The summed E-state index contributed by atoms with van der Waals surface area (Å²) in [5.41, 5.74) is 2.40. The highest BCUT2D eigenvalue weighted by molar-refractivity contribution is 6.31. The molecule has 2 aromatic carbocycles. The first-order chi connectivity index (χ1) is 13.5. The van der Waals surface area contributed by atoms with Crippen LogP contribution >= 0.6 is 23.2 Å².